The van der Waals surface area contributed by atoms with Crippen LogP contribution in [-0.4, -0.2) is 104 Å². The first-order valence-electron chi connectivity index (χ1n) is 26.3. The van der Waals surface area contributed by atoms with Crippen molar-refractivity contribution in [1.29, 1.82) is 0 Å². The lowest BCUT2D eigenvalue weighted by atomic mass is 10.1. The van der Waals surface area contributed by atoms with Gasteiger partial charge in [0.15, 0.2) is 5.78 Å². The van der Waals surface area contributed by atoms with Crippen molar-refractivity contribution in [2.24, 2.45) is 0 Å². The Balaban J connectivity index is 0.000000198. The maximum absolute atomic E-state index is 13.0. The number of hydrogen-bond donors (Lipinski definition) is 5. The van der Waals surface area contributed by atoms with Gasteiger partial charge in [-0.1, -0.05) is 108 Å². The van der Waals surface area contributed by atoms with E-state index in [0.717, 1.165) is 56.2 Å². The summed E-state index contributed by atoms with van der Waals surface area (Å²) in [6.45, 7) is 1.39. The number of aromatic nitrogens is 6. The van der Waals surface area contributed by atoms with Crippen LogP contribution in [0.1, 0.15) is 49.1 Å². The molecule has 0 saturated carbocycles. The monoisotopic (exact) mass is 1130 g/mol. The average Bonchev–Trinajstić information content (AvgIpc) is 4.32. The van der Waals surface area contributed by atoms with Crippen molar-refractivity contribution in [2.45, 2.75) is 19.3 Å². The van der Waals surface area contributed by atoms with E-state index in [9.17, 15) is 19.2 Å². The quantitative estimate of drug-likeness (QED) is 0.0486. The Hall–Kier alpha value is -9.38. The van der Waals surface area contributed by atoms with Crippen LogP contribution in [0.2, 0.25) is 10.0 Å². The molecule has 412 valence electrons. The van der Waals surface area contributed by atoms with Gasteiger partial charge in [0.05, 0.1) is 21.4 Å². The van der Waals surface area contributed by atoms with E-state index in [4.69, 9.17) is 33.2 Å². The summed E-state index contributed by atoms with van der Waals surface area (Å²) in [6, 6.07) is 45.0. The van der Waals surface area contributed by atoms with Crippen LogP contribution >= 0.6 is 23.2 Å². The zero-order valence-corrected chi connectivity index (χ0v) is 47.1. The van der Waals surface area contributed by atoms with E-state index in [1.807, 2.05) is 172 Å². The van der Waals surface area contributed by atoms with Crippen molar-refractivity contribution in [1.82, 2.24) is 39.7 Å². The first-order valence-corrected chi connectivity index (χ1v) is 27.1. The molecule has 10 aromatic rings. The molecule has 0 spiro atoms. The van der Waals surface area contributed by atoms with Gasteiger partial charge in [0.25, 0.3) is 11.8 Å². The Morgan fingerprint density at radius 3 is 1.54 bits per heavy atom. The van der Waals surface area contributed by atoms with Gasteiger partial charge in [-0.3, -0.25) is 19.2 Å². The van der Waals surface area contributed by atoms with Gasteiger partial charge in [-0.05, 0) is 124 Å². The first kappa shape index (κ1) is 57.3. The van der Waals surface area contributed by atoms with Crippen LogP contribution in [0.4, 0.5) is 17.1 Å². The molecule has 0 aliphatic heterocycles. The maximum atomic E-state index is 13.0. The number of nitrogens with zero attached hydrogens (tertiary/aromatic N) is 6. The molecule has 17 heteroatoms. The molecule has 5 N–H and O–H groups in total. The van der Waals surface area contributed by atoms with Crippen LogP contribution < -0.4 is 16.0 Å². The molecule has 3 amide bonds. The number of anilines is 3. The Kier molecular flexibility index (Phi) is 19.0. The molecule has 4 aromatic heterocycles. The highest BCUT2D eigenvalue weighted by molar-refractivity contribution is 6.33. The van der Waals surface area contributed by atoms with Crippen molar-refractivity contribution in [3.8, 4) is 22.5 Å². The summed E-state index contributed by atoms with van der Waals surface area (Å²) in [5, 5.41) is 11.7. The summed E-state index contributed by atoms with van der Waals surface area (Å²) >= 11 is 13.0. The summed E-state index contributed by atoms with van der Waals surface area (Å²) in [7, 11) is 7.76. The Morgan fingerprint density at radius 2 is 0.988 bits per heavy atom. The number of carbonyl (C=O) groups is 4. The number of fused-ring (bicyclic) bond motifs is 2. The lowest BCUT2D eigenvalue weighted by Crippen LogP contribution is -2.13. The number of allylic oxidation sites excluding steroid dienone is 1. The number of rotatable bonds is 19. The van der Waals surface area contributed by atoms with E-state index in [-0.39, 0.29) is 23.5 Å². The average molecular weight is 1130 g/mol. The van der Waals surface area contributed by atoms with Gasteiger partial charge in [-0.2, -0.15) is 0 Å². The minimum atomic E-state index is -0.245. The fourth-order valence-electron chi connectivity index (χ4n) is 8.81. The Labute approximate surface area is 485 Å². The van der Waals surface area contributed by atoms with E-state index in [1.165, 1.54) is 6.08 Å². The summed E-state index contributed by atoms with van der Waals surface area (Å²) in [4.78, 5) is 78.8. The summed E-state index contributed by atoms with van der Waals surface area (Å²) in [5.74, 6) is 0.603. The van der Waals surface area contributed by atoms with Crippen LogP contribution in [0.3, 0.4) is 0 Å². The second-order valence-electron chi connectivity index (χ2n) is 19.9. The van der Waals surface area contributed by atoms with Gasteiger partial charge in [0.1, 0.15) is 11.6 Å². The largest absolute Gasteiger partial charge is 0.360 e. The van der Waals surface area contributed by atoms with E-state index < -0.39 is 0 Å². The van der Waals surface area contributed by atoms with Crippen molar-refractivity contribution >= 4 is 85.6 Å². The molecule has 0 fully saturated rings. The van der Waals surface area contributed by atoms with Gasteiger partial charge < -0.3 is 35.7 Å². The number of aromatic amines is 2. The zero-order chi connectivity index (χ0) is 57.5. The number of likely N-dealkylation sites (N-methyl/N-ethyl adjacent to an activating group) is 2. The topological polar surface area (TPSA) is 194 Å². The van der Waals surface area contributed by atoms with Crippen LogP contribution in [0.25, 0.3) is 44.3 Å². The maximum Gasteiger partial charge on any atom is 0.255 e. The van der Waals surface area contributed by atoms with Crippen molar-refractivity contribution in [3.05, 3.63) is 244 Å². The molecule has 82 heavy (non-hydrogen) atoms. The predicted molar refractivity (Wildman–Crippen MR) is 329 cm³/mol. The van der Waals surface area contributed by atoms with E-state index >= 15 is 0 Å². The minimum Gasteiger partial charge on any atom is -0.360 e. The van der Waals surface area contributed by atoms with E-state index in [2.05, 4.69) is 35.9 Å². The lowest BCUT2D eigenvalue weighted by molar-refractivity contribution is -0.114. The van der Waals surface area contributed by atoms with Crippen LogP contribution in [0.5, 0.6) is 0 Å². The summed E-state index contributed by atoms with van der Waals surface area (Å²) in [6.07, 6.45) is 15.1. The van der Waals surface area contributed by atoms with Crippen molar-refractivity contribution in [3.63, 3.8) is 0 Å². The highest BCUT2D eigenvalue weighted by Gasteiger charge is 2.17. The number of H-pyrrole nitrogens is 2. The molecule has 0 aliphatic carbocycles. The molecule has 15 nitrogen and oxygen atoms in total. The molecule has 0 saturated heterocycles. The number of hydrogen-bond acceptors (Lipinski definition) is 10. The third-order valence-corrected chi connectivity index (χ3v) is 13.5. The second-order valence-corrected chi connectivity index (χ2v) is 20.7. The third kappa shape index (κ3) is 15.5. The highest BCUT2D eigenvalue weighted by atomic mass is 35.5. The Bertz CT molecular complexity index is 3950. The Morgan fingerprint density at radius 1 is 0.512 bits per heavy atom. The first-order chi connectivity index (χ1) is 39.7. The second kappa shape index (κ2) is 27.2. The fourth-order valence-corrected chi connectivity index (χ4v) is 9.20. The summed E-state index contributed by atoms with van der Waals surface area (Å²) < 4.78 is 0. The number of benzene rings is 6. The normalized spacial score (nSPS) is 11.4. The SMILES string of the molecule is CN(C)C/C=C/C(=O)Cc1ccc(NC(=O)c2cccc(Cc3ncc(Cl)c(-c4c[nH]c5ccccc45)n3)c2)cc1.CN(C)C/C=C/C(=O)Nc1ccc(C(=O)Nc2ccc(Cc3ncc(Cl)c(-c4c[nH]c5ccccc45)n3)cc2)cc1. The molecule has 0 atom stereocenters. The zero-order valence-electron chi connectivity index (χ0n) is 45.6. The number of halogens is 2. The molecule has 10 rings (SSSR count). The van der Waals surface area contributed by atoms with Gasteiger partial charge in [-0.15, -0.1) is 0 Å². The molecule has 0 unspecified atom stereocenters. The molecule has 4 heterocycles. The molecule has 0 aliphatic rings. The van der Waals surface area contributed by atoms with Crippen molar-refractivity contribution < 1.29 is 19.2 Å². The number of ketones is 1. The highest BCUT2D eigenvalue weighted by Crippen LogP contribution is 2.34. The molecular formula is C65H59Cl2N11O4. The molecular weight excluding hydrogens is 1070 g/mol. The van der Waals surface area contributed by atoms with Crippen LogP contribution in [0.15, 0.2) is 195 Å². The van der Waals surface area contributed by atoms with Gasteiger partial charge >= 0.3 is 0 Å². The number of para-hydroxylation sites is 2. The van der Waals surface area contributed by atoms with Gasteiger partial charge in [0, 0.05) is 124 Å². The third-order valence-electron chi connectivity index (χ3n) is 12.9. The molecule has 0 bridgehead atoms. The van der Waals surface area contributed by atoms with Gasteiger partial charge in [0.2, 0.25) is 5.91 Å². The summed E-state index contributed by atoms with van der Waals surface area (Å²) in [5.41, 5.74) is 10.9. The predicted octanol–water partition coefficient (Wildman–Crippen LogP) is 12.5. The number of nitrogens with one attached hydrogen (secondary N) is 5. The minimum absolute atomic E-state index is 0.0405. The number of carbonyl (C=O) groups excluding carboxylic acids is 4. The number of amides is 3. The van der Waals surface area contributed by atoms with Crippen molar-refractivity contribution in [2.75, 3.05) is 57.2 Å². The standard InChI is InChI=1S/C33H30ClN5O2.C32H29ClN6O2/c1-39(2)16-6-9-26(40)18-22-12-14-25(15-13-22)37-33(41)24-8-5-7-23(17-24)19-31-36-21-29(34)32(38-31)28-20-35-30-11-4-3-10-27(28)30;1-39(2)17-5-8-30(40)36-23-15-11-22(12-16-23)32(41)37-24-13-9-21(10-14-24)18-29-35-20-27(33)31(38-29)26-19-34-28-7-4-3-6-25(26)28/h3-15,17,20-21,35H,16,18-19H2,1-2H3,(H,37,41);3-16,19-20,34H,17-18H2,1-2H3,(H,36,40)(H,37,41)/b9-6+;8-5+. The van der Waals surface area contributed by atoms with Crippen LogP contribution in [-0.2, 0) is 28.9 Å². The van der Waals surface area contributed by atoms with E-state index in [1.54, 1.807) is 54.9 Å². The molecule has 6 aromatic carbocycles. The lowest BCUT2D eigenvalue weighted by Gasteiger charge is -2.09. The van der Waals surface area contributed by atoms with Crippen LogP contribution in [0, 0.1) is 0 Å². The van der Waals surface area contributed by atoms with Gasteiger partial charge in [-0.25, -0.2) is 19.9 Å². The van der Waals surface area contributed by atoms with E-state index in [0.29, 0.717) is 87.1 Å². The smallest absolute Gasteiger partial charge is 0.255 e. The fraction of sp³-hybridized carbons (Fsp3) is 0.138. The molecule has 0 radical (unpaired) electrons.